The molecule has 0 spiro atoms. The molecular formula is C17H18F2N2O2S. The minimum Gasteiger partial charge on any atom is -0.371 e. The number of nitrogens with zero attached hydrogens (tertiary/aromatic N) is 1. The molecule has 1 atom stereocenters. The molecule has 1 fully saturated rings. The van der Waals surface area contributed by atoms with Crippen LogP contribution < -0.4 is 9.62 Å². The van der Waals surface area contributed by atoms with Gasteiger partial charge in [-0.2, -0.15) is 0 Å². The third kappa shape index (κ3) is 3.91. The van der Waals surface area contributed by atoms with Crippen molar-refractivity contribution >= 4 is 15.7 Å². The van der Waals surface area contributed by atoms with Gasteiger partial charge in [-0.05, 0) is 60.9 Å². The zero-order valence-electron chi connectivity index (χ0n) is 13.0. The standard InChI is InChI=1S/C17H18F2N2O2S/c18-14-1-5-16(6-2-14)21-10-9-13(12-21)11-20-24(22,23)17-7-3-15(19)4-8-17/h1-8,13,20H,9-12H2. The lowest BCUT2D eigenvalue weighted by Crippen LogP contribution is -2.31. The smallest absolute Gasteiger partial charge is 0.240 e. The highest BCUT2D eigenvalue weighted by Gasteiger charge is 2.24. The third-order valence-electron chi connectivity index (χ3n) is 4.16. The Hall–Kier alpha value is -1.99. The maximum Gasteiger partial charge on any atom is 0.240 e. The van der Waals surface area contributed by atoms with Crippen LogP contribution in [0.15, 0.2) is 53.4 Å². The van der Waals surface area contributed by atoms with Crippen LogP contribution in [-0.4, -0.2) is 28.1 Å². The van der Waals surface area contributed by atoms with Gasteiger partial charge in [-0.3, -0.25) is 0 Å². The number of halogens is 2. The van der Waals surface area contributed by atoms with Crippen LogP contribution in [0.1, 0.15) is 6.42 Å². The van der Waals surface area contributed by atoms with Crippen LogP contribution in [0.3, 0.4) is 0 Å². The number of nitrogens with one attached hydrogen (secondary N) is 1. The largest absolute Gasteiger partial charge is 0.371 e. The Morgan fingerprint density at radius 2 is 1.58 bits per heavy atom. The number of anilines is 1. The van der Waals surface area contributed by atoms with Gasteiger partial charge in [0.2, 0.25) is 10.0 Å². The van der Waals surface area contributed by atoms with Crippen LogP contribution in [0, 0.1) is 17.6 Å². The molecule has 3 rings (SSSR count). The Labute approximate surface area is 140 Å². The van der Waals surface area contributed by atoms with Crippen LogP contribution >= 0.6 is 0 Å². The van der Waals surface area contributed by atoms with E-state index < -0.39 is 15.8 Å². The van der Waals surface area contributed by atoms with Crippen molar-refractivity contribution < 1.29 is 17.2 Å². The molecule has 128 valence electrons. The average molecular weight is 352 g/mol. The lowest BCUT2D eigenvalue weighted by Gasteiger charge is -2.18. The second-order valence-electron chi connectivity index (χ2n) is 5.88. The van der Waals surface area contributed by atoms with Gasteiger partial charge in [0.1, 0.15) is 11.6 Å². The van der Waals surface area contributed by atoms with Gasteiger partial charge in [-0.15, -0.1) is 0 Å². The fraction of sp³-hybridized carbons (Fsp3) is 0.294. The zero-order valence-corrected chi connectivity index (χ0v) is 13.8. The molecule has 2 aromatic rings. The van der Waals surface area contributed by atoms with Crippen LogP contribution in [0.25, 0.3) is 0 Å². The minimum absolute atomic E-state index is 0.0530. The van der Waals surface area contributed by atoms with Crippen LogP contribution in [0.2, 0.25) is 0 Å². The zero-order chi connectivity index (χ0) is 17.2. The summed E-state index contributed by atoms with van der Waals surface area (Å²) in [5.74, 6) is -0.577. The van der Waals surface area contributed by atoms with Crippen molar-refractivity contribution in [2.24, 2.45) is 5.92 Å². The maximum atomic E-state index is 13.0. The summed E-state index contributed by atoms with van der Waals surface area (Å²) in [4.78, 5) is 2.16. The highest BCUT2D eigenvalue weighted by atomic mass is 32.2. The molecule has 1 saturated heterocycles. The fourth-order valence-corrected chi connectivity index (χ4v) is 3.93. The van der Waals surface area contributed by atoms with E-state index in [1.807, 2.05) is 0 Å². The molecule has 24 heavy (non-hydrogen) atoms. The van der Waals surface area contributed by atoms with Gasteiger partial charge in [-0.25, -0.2) is 21.9 Å². The first-order valence-electron chi connectivity index (χ1n) is 7.70. The summed E-state index contributed by atoms with van der Waals surface area (Å²) in [6, 6.07) is 11.0. The number of sulfonamides is 1. The summed E-state index contributed by atoms with van der Waals surface area (Å²) in [6.07, 6.45) is 0.851. The van der Waals surface area contributed by atoms with Crippen molar-refractivity contribution in [3.05, 3.63) is 60.2 Å². The monoisotopic (exact) mass is 352 g/mol. The number of rotatable bonds is 5. The lowest BCUT2D eigenvalue weighted by atomic mass is 10.1. The predicted molar refractivity (Wildman–Crippen MR) is 88.3 cm³/mol. The molecule has 1 N–H and O–H groups in total. The van der Waals surface area contributed by atoms with E-state index in [9.17, 15) is 17.2 Å². The van der Waals surface area contributed by atoms with Crippen molar-refractivity contribution in [2.75, 3.05) is 24.5 Å². The Bertz CT molecular complexity index is 792. The van der Waals surface area contributed by atoms with E-state index in [-0.39, 0.29) is 16.6 Å². The quantitative estimate of drug-likeness (QED) is 0.900. The third-order valence-corrected chi connectivity index (χ3v) is 5.60. The summed E-state index contributed by atoms with van der Waals surface area (Å²) in [5, 5.41) is 0. The van der Waals surface area contributed by atoms with Crippen molar-refractivity contribution in [2.45, 2.75) is 11.3 Å². The molecule has 0 saturated carbocycles. The Kier molecular flexibility index (Phi) is 4.82. The average Bonchev–Trinajstić information content (AvgIpc) is 3.03. The molecule has 0 aliphatic carbocycles. The first-order chi connectivity index (χ1) is 11.4. The fourth-order valence-electron chi connectivity index (χ4n) is 2.81. The summed E-state index contributed by atoms with van der Waals surface area (Å²) >= 11 is 0. The topological polar surface area (TPSA) is 49.4 Å². The second kappa shape index (κ2) is 6.86. The number of benzene rings is 2. The van der Waals surface area contributed by atoms with E-state index >= 15 is 0 Å². The molecule has 1 aliphatic rings. The van der Waals surface area contributed by atoms with Crippen LogP contribution in [-0.2, 0) is 10.0 Å². The molecule has 1 heterocycles. The lowest BCUT2D eigenvalue weighted by molar-refractivity contribution is 0.541. The number of hydrogen-bond acceptors (Lipinski definition) is 3. The predicted octanol–water partition coefficient (Wildman–Crippen LogP) is 2.77. The molecule has 1 unspecified atom stereocenters. The molecule has 0 amide bonds. The Balaban J connectivity index is 1.57. The van der Waals surface area contributed by atoms with E-state index in [1.54, 1.807) is 12.1 Å². The van der Waals surface area contributed by atoms with Gasteiger partial charge >= 0.3 is 0 Å². The molecular weight excluding hydrogens is 334 g/mol. The van der Waals surface area contributed by atoms with Crippen LogP contribution in [0.5, 0.6) is 0 Å². The Morgan fingerprint density at radius 3 is 2.21 bits per heavy atom. The molecule has 2 aromatic carbocycles. The first-order valence-corrected chi connectivity index (χ1v) is 9.18. The first kappa shape index (κ1) is 16.9. The van der Waals surface area contributed by atoms with Crippen LogP contribution in [0.4, 0.5) is 14.5 Å². The van der Waals surface area contributed by atoms with Gasteiger partial charge in [0, 0.05) is 25.3 Å². The second-order valence-corrected chi connectivity index (χ2v) is 7.65. The molecule has 7 heteroatoms. The van der Waals surface area contributed by atoms with E-state index in [0.717, 1.165) is 30.8 Å². The van der Waals surface area contributed by atoms with Crippen molar-refractivity contribution in [3.8, 4) is 0 Å². The minimum atomic E-state index is -3.64. The Morgan fingerprint density at radius 1 is 1.00 bits per heavy atom. The summed E-state index contributed by atoms with van der Waals surface area (Å²) < 4.78 is 52.8. The van der Waals surface area contributed by atoms with Gasteiger partial charge in [0.25, 0.3) is 0 Å². The SMILES string of the molecule is O=S(=O)(NCC1CCN(c2ccc(F)cc2)C1)c1ccc(F)cc1. The summed E-state index contributed by atoms with van der Waals surface area (Å²) in [6.45, 7) is 1.82. The number of hydrogen-bond donors (Lipinski definition) is 1. The van der Waals surface area contributed by atoms with E-state index in [2.05, 4.69) is 9.62 Å². The summed E-state index contributed by atoms with van der Waals surface area (Å²) in [7, 11) is -3.64. The molecule has 0 radical (unpaired) electrons. The molecule has 1 aliphatic heterocycles. The highest BCUT2D eigenvalue weighted by Crippen LogP contribution is 2.24. The van der Waals surface area contributed by atoms with Crippen molar-refractivity contribution in [1.82, 2.24) is 4.72 Å². The van der Waals surface area contributed by atoms with Gasteiger partial charge < -0.3 is 4.90 Å². The summed E-state index contributed by atoms with van der Waals surface area (Å²) in [5.41, 5.74) is 0.931. The van der Waals surface area contributed by atoms with E-state index in [1.165, 1.54) is 24.3 Å². The highest BCUT2D eigenvalue weighted by molar-refractivity contribution is 7.89. The van der Waals surface area contributed by atoms with Crippen molar-refractivity contribution in [3.63, 3.8) is 0 Å². The van der Waals surface area contributed by atoms with E-state index in [0.29, 0.717) is 13.1 Å². The van der Waals surface area contributed by atoms with E-state index in [4.69, 9.17) is 0 Å². The molecule has 4 nitrogen and oxygen atoms in total. The van der Waals surface area contributed by atoms with Gasteiger partial charge in [0.05, 0.1) is 4.90 Å². The maximum absolute atomic E-state index is 13.0. The van der Waals surface area contributed by atoms with Gasteiger partial charge in [0.15, 0.2) is 0 Å². The normalized spacial score (nSPS) is 18.1. The van der Waals surface area contributed by atoms with Gasteiger partial charge in [-0.1, -0.05) is 0 Å². The molecule has 0 aromatic heterocycles. The van der Waals surface area contributed by atoms with Crippen molar-refractivity contribution in [1.29, 1.82) is 0 Å². The molecule has 0 bridgehead atoms.